The first kappa shape index (κ1) is 15.9. The largest absolute Gasteiger partial charge is 0.463 e. The zero-order valence-corrected chi connectivity index (χ0v) is 11.8. The van der Waals surface area contributed by atoms with E-state index in [2.05, 4.69) is 5.32 Å². The van der Waals surface area contributed by atoms with Crippen molar-refractivity contribution in [3.8, 4) is 0 Å². The van der Waals surface area contributed by atoms with E-state index in [-0.39, 0.29) is 11.9 Å². The van der Waals surface area contributed by atoms with E-state index in [1.807, 2.05) is 6.92 Å². The molecular formula is C15H20N2O3. The molecule has 1 aromatic carbocycles. The quantitative estimate of drug-likeness (QED) is 0.614. The molecule has 1 amide bonds. The molecule has 5 nitrogen and oxygen atoms in total. The Kier molecular flexibility index (Phi) is 6.46. The summed E-state index contributed by atoms with van der Waals surface area (Å²) in [5.74, 6) is -0.582. The topological polar surface area (TPSA) is 81.4 Å². The summed E-state index contributed by atoms with van der Waals surface area (Å²) in [7, 11) is 0. The van der Waals surface area contributed by atoms with E-state index in [9.17, 15) is 9.59 Å². The van der Waals surface area contributed by atoms with Gasteiger partial charge in [-0.25, -0.2) is 4.79 Å². The molecule has 5 heteroatoms. The van der Waals surface area contributed by atoms with E-state index in [4.69, 9.17) is 10.5 Å². The zero-order valence-electron chi connectivity index (χ0n) is 11.8. The Hall–Kier alpha value is -2.14. The second-order valence-corrected chi connectivity index (χ2v) is 4.21. The number of hydrogen-bond acceptors (Lipinski definition) is 4. The molecule has 0 bridgehead atoms. The molecule has 3 N–H and O–H groups in total. The predicted octanol–water partition coefficient (Wildman–Crippen LogP) is 1.94. The van der Waals surface area contributed by atoms with Crippen molar-refractivity contribution < 1.29 is 14.3 Å². The first-order chi connectivity index (χ1) is 9.56. The smallest absolute Gasteiger partial charge is 0.330 e. The maximum Gasteiger partial charge on any atom is 0.330 e. The summed E-state index contributed by atoms with van der Waals surface area (Å²) in [6.07, 6.45) is 3.61. The summed E-state index contributed by atoms with van der Waals surface area (Å²) in [6, 6.07) is 6.60. The Morgan fingerprint density at radius 1 is 1.30 bits per heavy atom. The SMILES string of the molecule is CCOC(=O)C=Cc1ccc(NC(=O)[C@H](N)CC)cc1. The van der Waals surface area contributed by atoms with E-state index < -0.39 is 6.04 Å². The van der Waals surface area contributed by atoms with Gasteiger partial charge in [0.05, 0.1) is 12.6 Å². The highest BCUT2D eigenvalue weighted by molar-refractivity contribution is 5.94. The third-order valence-corrected chi connectivity index (χ3v) is 2.65. The average molecular weight is 276 g/mol. The molecule has 0 aliphatic heterocycles. The number of rotatable bonds is 6. The Balaban J connectivity index is 2.60. The summed E-state index contributed by atoms with van der Waals surface area (Å²) in [5, 5.41) is 2.73. The lowest BCUT2D eigenvalue weighted by Gasteiger charge is -2.09. The summed E-state index contributed by atoms with van der Waals surface area (Å²) >= 11 is 0. The van der Waals surface area contributed by atoms with Crippen LogP contribution < -0.4 is 11.1 Å². The maximum atomic E-state index is 11.6. The van der Waals surface area contributed by atoms with Crippen molar-refractivity contribution in [2.75, 3.05) is 11.9 Å². The highest BCUT2D eigenvalue weighted by atomic mass is 16.5. The number of carbonyl (C=O) groups is 2. The Morgan fingerprint density at radius 2 is 1.95 bits per heavy atom. The molecule has 0 aliphatic carbocycles. The van der Waals surface area contributed by atoms with Crippen LogP contribution in [0.15, 0.2) is 30.3 Å². The van der Waals surface area contributed by atoms with Crippen LogP contribution in [0.1, 0.15) is 25.8 Å². The molecule has 1 rings (SSSR count). The van der Waals surface area contributed by atoms with Crippen molar-refractivity contribution in [1.82, 2.24) is 0 Å². The Morgan fingerprint density at radius 3 is 2.50 bits per heavy atom. The minimum absolute atomic E-state index is 0.206. The Labute approximate surface area is 118 Å². The fourth-order valence-electron chi connectivity index (χ4n) is 1.45. The van der Waals surface area contributed by atoms with Crippen LogP contribution in [0.5, 0.6) is 0 Å². The van der Waals surface area contributed by atoms with Gasteiger partial charge in [-0.2, -0.15) is 0 Å². The molecule has 108 valence electrons. The van der Waals surface area contributed by atoms with E-state index in [0.29, 0.717) is 18.7 Å². The average Bonchev–Trinajstić information content (AvgIpc) is 2.46. The standard InChI is InChI=1S/C15H20N2O3/c1-3-13(16)15(19)17-12-8-5-11(6-9-12)7-10-14(18)20-4-2/h5-10,13H,3-4,16H2,1-2H3,(H,17,19)/t13-/m1/s1. The fourth-order valence-corrected chi connectivity index (χ4v) is 1.45. The molecule has 0 saturated heterocycles. The molecule has 0 aliphatic rings. The number of hydrogen-bond donors (Lipinski definition) is 2. The van der Waals surface area contributed by atoms with Gasteiger partial charge in [0.2, 0.25) is 5.91 Å². The normalized spacial score (nSPS) is 12.2. The molecule has 0 aromatic heterocycles. The van der Waals surface area contributed by atoms with E-state index in [0.717, 1.165) is 5.56 Å². The van der Waals surface area contributed by atoms with Crippen molar-refractivity contribution in [3.05, 3.63) is 35.9 Å². The van der Waals surface area contributed by atoms with Gasteiger partial charge in [-0.05, 0) is 37.1 Å². The van der Waals surface area contributed by atoms with Crippen LogP contribution in [0.4, 0.5) is 5.69 Å². The number of esters is 1. The second kappa shape index (κ2) is 8.12. The van der Waals surface area contributed by atoms with Gasteiger partial charge >= 0.3 is 5.97 Å². The van der Waals surface area contributed by atoms with Crippen LogP contribution in [0, 0.1) is 0 Å². The van der Waals surface area contributed by atoms with Crippen LogP contribution >= 0.6 is 0 Å². The lowest BCUT2D eigenvalue weighted by atomic mass is 10.1. The van der Waals surface area contributed by atoms with Crippen LogP contribution in [0.25, 0.3) is 6.08 Å². The summed E-state index contributed by atoms with van der Waals surface area (Å²) in [5.41, 5.74) is 7.15. The van der Waals surface area contributed by atoms with E-state index >= 15 is 0 Å². The minimum Gasteiger partial charge on any atom is -0.463 e. The van der Waals surface area contributed by atoms with Gasteiger partial charge in [0, 0.05) is 11.8 Å². The van der Waals surface area contributed by atoms with Crippen molar-refractivity contribution >= 4 is 23.6 Å². The number of nitrogens with two attached hydrogens (primary N) is 1. The zero-order chi connectivity index (χ0) is 15.0. The summed E-state index contributed by atoms with van der Waals surface area (Å²) < 4.78 is 4.78. The molecule has 0 heterocycles. The molecular weight excluding hydrogens is 256 g/mol. The molecule has 20 heavy (non-hydrogen) atoms. The van der Waals surface area contributed by atoms with Crippen molar-refractivity contribution in [1.29, 1.82) is 0 Å². The van der Waals surface area contributed by atoms with E-state index in [1.54, 1.807) is 37.3 Å². The molecule has 0 fully saturated rings. The van der Waals surface area contributed by atoms with Gasteiger partial charge in [0.1, 0.15) is 0 Å². The molecule has 0 unspecified atom stereocenters. The lowest BCUT2D eigenvalue weighted by molar-refractivity contribution is -0.137. The first-order valence-corrected chi connectivity index (χ1v) is 6.58. The van der Waals surface area contributed by atoms with Crippen LogP contribution in [-0.2, 0) is 14.3 Å². The third kappa shape index (κ3) is 5.24. The molecule has 1 aromatic rings. The first-order valence-electron chi connectivity index (χ1n) is 6.58. The highest BCUT2D eigenvalue weighted by Crippen LogP contribution is 2.11. The third-order valence-electron chi connectivity index (χ3n) is 2.65. The monoisotopic (exact) mass is 276 g/mol. The molecule has 0 radical (unpaired) electrons. The van der Waals surface area contributed by atoms with Crippen LogP contribution in [0.2, 0.25) is 0 Å². The number of anilines is 1. The minimum atomic E-state index is -0.501. The maximum absolute atomic E-state index is 11.6. The predicted molar refractivity (Wildman–Crippen MR) is 79.0 cm³/mol. The van der Waals surface area contributed by atoms with Crippen molar-refractivity contribution in [2.24, 2.45) is 5.73 Å². The number of carbonyl (C=O) groups excluding carboxylic acids is 2. The molecule has 0 saturated carbocycles. The van der Waals surface area contributed by atoms with E-state index in [1.165, 1.54) is 6.08 Å². The number of amides is 1. The van der Waals surface area contributed by atoms with Gasteiger partial charge in [0.15, 0.2) is 0 Å². The summed E-state index contributed by atoms with van der Waals surface area (Å²) in [4.78, 5) is 22.8. The highest BCUT2D eigenvalue weighted by Gasteiger charge is 2.10. The summed E-state index contributed by atoms with van der Waals surface area (Å²) in [6.45, 7) is 3.96. The fraction of sp³-hybridized carbons (Fsp3) is 0.333. The van der Waals surface area contributed by atoms with Crippen molar-refractivity contribution in [2.45, 2.75) is 26.3 Å². The molecule has 1 atom stereocenters. The van der Waals surface area contributed by atoms with Crippen LogP contribution in [-0.4, -0.2) is 24.5 Å². The number of benzene rings is 1. The van der Waals surface area contributed by atoms with Gasteiger partial charge in [0.25, 0.3) is 0 Å². The number of nitrogens with one attached hydrogen (secondary N) is 1. The van der Waals surface area contributed by atoms with Gasteiger partial charge in [-0.15, -0.1) is 0 Å². The van der Waals surface area contributed by atoms with Crippen LogP contribution in [0.3, 0.4) is 0 Å². The molecule has 0 spiro atoms. The second-order valence-electron chi connectivity index (χ2n) is 4.21. The Bertz CT molecular complexity index is 480. The van der Waals surface area contributed by atoms with Crippen molar-refractivity contribution in [3.63, 3.8) is 0 Å². The lowest BCUT2D eigenvalue weighted by Crippen LogP contribution is -2.34. The van der Waals surface area contributed by atoms with Gasteiger partial charge in [-0.1, -0.05) is 19.1 Å². The number of ether oxygens (including phenoxy) is 1. The van der Waals surface area contributed by atoms with Gasteiger partial charge in [-0.3, -0.25) is 4.79 Å². The van der Waals surface area contributed by atoms with Gasteiger partial charge < -0.3 is 15.8 Å².